The van der Waals surface area contributed by atoms with E-state index in [2.05, 4.69) is 15.7 Å². The Morgan fingerprint density at radius 3 is 2.58 bits per heavy atom. The van der Waals surface area contributed by atoms with Crippen LogP contribution in [0.3, 0.4) is 0 Å². The molecular formula is C24H26N4O5. The molecule has 0 radical (unpaired) electrons. The van der Waals surface area contributed by atoms with E-state index in [1.54, 1.807) is 44.5 Å². The van der Waals surface area contributed by atoms with Crippen molar-refractivity contribution in [2.75, 3.05) is 17.7 Å². The Labute approximate surface area is 191 Å². The molecule has 2 aromatic heterocycles. The second-order valence-corrected chi connectivity index (χ2v) is 8.95. The van der Waals surface area contributed by atoms with Crippen LogP contribution in [-0.2, 0) is 17.8 Å². The molecule has 0 spiro atoms. The first-order valence-electron chi connectivity index (χ1n) is 10.6. The van der Waals surface area contributed by atoms with Crippen molar-refractivity contribution in [2.45, 2.75) is 40.2 Å². The fraction of sp³-hybridized carbons (Fsp3) is 0.333. The highest BCUT2D eigenvalue weighted by molar-refractivity contribution is 6.07. The van der Waals surface area contributed by atoms with E-state index >= 15 is 0 Å². The third-order valence-electron chi connectivity index (χ3n) is 5.55. The molecule has 0 saturated heterocycles. The number of Topliss-reactive ketones (excluding diaryl/α,β-unsaturated/α-hetero) is 1. The van der Waals surface area contributed by atoms with Crippen molar-refractivity contribution in [3.8, 4) is 5.75 Å². The highest BCUT2D eigenvalue weighted by Crippen LogP contribution is 2.38. The molecule has 0 saturated carbocycles. The number of benzene rings is 1. The molecule has 0 bridgehead atoms. The summed E-state index contributed by atoms with van der Waals surface area (Å²) in [6, 6.07) is 6.98. The second kappa shape index (κ2) is 8.57. The molecule has 172 valence electrons. The lowest BCUT2D eigenvalue weighted by Crippen LogP contribution is -2.26. The number of amides is 2. The van der Waals surface area contributed by atoms with Gasteiger partial charge in [-0.2, -0.15) is 5.10 Å². The molecule has 9 nitrogen and oxygen atoms in total. The van der Waals surface area contributed by atoms with Gasteiger partial charge < -0.3 is 19.8 Å². The predicted molar refractivity (Wildman–Crippen MR) is 122 cm³/mol. The number of ketones is 1. The number of nitrogens with zero attached hydrogens (tertiary/aromatic N) is 2. The summed E-state index contributed by atoms with van der Waals surface area (Å²) < 4.78 is 12.3. The summed E-state index contributed by atoms with van der Waals surface area (Å²) in [5.74, 6) is 0.644. The van der Waals surface area contributed by atoms with Crippen molar-refractivity contribution < 1.29 is 23.5 Å². The number of rotatable bonds is 6. The average molecular weight is 450 g/mol. The van der Waals surface area contributed by atoms with Crippen molar-refractivity contribution in [3.05, 3.63) is 59.3 Å². The summed E-state index contributed by atoms with van der Waals surface area (Å²) in [4.78, 5) is 37.6. The Kier molecular flexibility index (Phi) is 5.80. The number of furan rings is 1. The van der Waals surface area contributed by atoms with Gasteiger partial charge in [0.2, 0.25) is 5.91 Å². The van der Waals surface area contributed by atoms with Crippen LogP contribution in [-0.4, -0.2) is 34.5 Å². The molecule has 33 heavy (non-hydrogen) atoms. The van der Waals surface area contributed by atoms with E-state index in [0.717, 1.165) is 0 Å². The zero-order valence-corrected chi connectivity index (χ0v) is 19.0. The number of fused-ring (bicyclic) bond motifs is 1. The molecule has 4 rings (SSSR count). The van der Waals surface area contributed by atoms with Crippen molar-refractivity contribution in [2.24, 2.45) is 5.41 Å². The van der Waals surface area contributed by atoms with Gasteiger partial charge in [0.1, 0.15) is 18.1 Å². The standard InChI is InChI=1S/C24H26N4O5/c1-14-21-18(29)9-24(2,3)10-19(21)33-22(14)23(31)27-16-11-25-28(12-16)13-20(30)26-15-5-7-17(32-4)8-6-15/h5-8,11-12H,9-10,13H2,1-4H3,(H,26,30)(H,27,31). The molecule has 0 aliphatic heterocycles. The van der Waals surface area contributed by atoms with Crippen LogP contribution in [0, 0.1) is 12.3 Å². The lowest BCUT2D eigenvalue weighted by atomic mass is 9.76. The third-order valence-corrected chi connectivity index (χ3v) is 5.55. The van der Waals surface area contributed by atoms with Crippen LogP contribution in [0.5, 0.6) is 5.75 Å². The summed E-state index contributed by atoms with van der Waals surface area (Å²) >= 11 is 0. The van der Waals surface area contributed by atoms with E-state index in [1.165, 1.54) is 10.9 Å². The molecule has 9 heteroatoms. The Morgan fingerprint density at radius 1 is 1.15 bits per heavy atom. The van der Waals surface area contributed by atoms with Crippen molar-refractivity contribution in [1.29, 1.82) is 0 Å². The number of hydrogen-bond donors (Lipinski definition) is 2. The summed E-state index contributed by atoms with van der Waals surface area (Å²) in [6.45, 7) is 5.70. The zero-order chi connectivity index (χ0) is 23.8. The number of hydrogen-bond acceptors (Lipinski definition) is 6. The fourth-order valence-electron chi connectivity index (χ4n) is 4.02. The van der Waals surface area contributed by atoms with Gasteiger partial charge in [-0.15, -0.1) is 0 Å². The number of aromatic nitrogens is 2. The van der Waals surface area contributed by atoms with Crippen LogP contribution in [0.25, 0.3) is 0 Å². The number of anilines is 2. The normalized spacial score (nSPS) is 14.5. The van der Waals surface area contributed by atoms with E-state index < -0.39 is 5.91 Å². The zero-order valence-electron chi connectivity index (χ0n) is 19.0. The van der Waals surface area contributed by atoms with Gasteiger partial charge in [-0.05, 0) is 36.6 Å². The molecule has 2 N–H and O–H groups in total. The van der Waals surface area contributed by atoms with Crippen molar-refractivity contribution >= 4 is 29.0 Å². The number of carbonyl (C=O) groups excluding carboxylic acids is 3. The maximum atomic E-state index is 12.8. The smallest absolute Gasteiger partial charge is 0.291 e. The van der Waals surface area contributed by atoms with Crippen LogP contribution in [0.1, 0.15) is 52.5 Å². The first-order valence-corrected chi connectivity index (χ1v) is 10.6. The minimum Gasteiger partial charge on any atom is -0.497 e. The Hall–Kier alpha value is -3.88. The lowest BCUT2D eigenvalue weighted by molar-refractivity contribution is -0.116. The molecule has 1 aromatic carbocycles. The molecule has 2 heterocycles. The SMILES string of the molecule is COc1ccc(NC(=O)Cn2cc(NC(=O)c3oc4c(c3C)C(=O)CC(C)(C)C4)cn2)cc1. The average Bonchev–Trinajstić information content (AvgIpc) is 3.31. The molecule has 0 atom stereocenters. The minimum absolute atomic E-state index is 0.00255. The van der Waals surface area contributed by atoms with E-state index in [9.17, 15) is 14.4 Å². The van der Waals surface area contributed by atoms with Crippen LogP contribution < -0.4 is 15.4 Å². The maximum absolute atomic E-state index is 12.8. The van der Waals surface area contributed by atoms with Gasteiger partial charge >= 0.3 is 0 Å². The molecule has 0 fully saturated rings. The van der Waals surface area contributed by atoms with Gasteiger partial charge in [0.25, 0.3) is 5.91 Å². The fourth-order valence-corrected chi connectivity index (χ4v) is 4.02. The van der Waals surface area contributed by atoms with Gasteiger partial charge in [-0.25, -0.2) is 0 Å². The molecule has 3 aromatic rings. The van der Waals surface area contributed by atoms with Crippen LogP contribution in [0.15, 0.2) is 41.1 Å². The van der Waals surface area contributed by atoms with Gasteiger partial charge in [0, 0.05) is 30.3 Å². The predicted octanol–water partition coefficient (Wildman–Crippen LogP) is 3.84. The summed E-state index contributed by atoms with van der Waals surface area (Å²) in [5.41, 5.74) is 1.92. The quantitative estimate of drug-likeness (QED) is 0.590. The third kappa shape index (κ3) is 4.82. The maximum Gasteiger partial charge on any atom is 0.291 e. The number of ether oxygens (including phenoxy) is 1. The summed E-state index contributed by atoms with van der Waals surface area (Å²) in [6.07, 6.45) is 4.03. The molecular weight excluding hydrogens is 424 g/mol. The van der Waals surface area contributed by atoms with Gasteiger partial charge in [-0.3, -0.25) is 19.1 Å². The minimum atomic E-state index is -0.463. The molecule has 1 aliphatic rings. The van der Waals surface area contributed by atoms with E-state index in [4.69, 9.17) is 9.15 Å². The lowest BCUT2D eigenvalue weighted by Gasteiger charge is -2.27. The van der Waals surface area contributed by atoms with Crippen molar-refractivity contribution in [1.82, 2.24) is 9.78 Å². The van der Waals surface area contributed by atoms with Crippen molar-refractivity contribution in [3.63, 3.8) is 0 Å². The van der Waals surface area contributed by atoms with E-state index in [0.29, 0.717) is 46.9 Å². The summed E-state index contributed by atoms with van der Waals surface area (Å²) in [5, 5.41) is 9.63. The second-order valence-electron chi connectivity index (χ2n) is 8.95. The topological polar surface area (TPSA) is 115 Å². The van der Waals surface area contributed by atoms with Gasteiger partial charge in [-0.1, -0.05) is 13.8 Å². The Balaban J connectivity index is 1.40. The monoisotopic (exact) mass is 450 g/mol. The molecule has 2 amide bonds. The first kappa shape index (κ1) is 22.3. The van der Waals surface area contributed by atoms with E-state index in [-0.39, 0.29) is 29.4 Å². The molecule has 1 aliphatic carbocycles. The number of nitrogens with one attached hydrogen (secondary N) is 2. The van der Waals surface area contributed by atoms with E-state index in [1.807, 2.05) is 13.8 Å². The highest BCUT2D eigenvalue weighted by Gasteiger charge is 2.37. The van der Waals surface area contributed by atoms with Crippen LogP contribution in [0.4, 0.5) is 11.4 Å². The molecule has 0 unspecified atom stereocenters. The summed E-state index contributed by atoms with van der Waals surface area (Å²) in [7, 11) is 1.57. The highest BCUT2D eigenvalue weighted by atomic mass is 16.5. The van der Waals surface area contributed by atoms with Gasteiger partial charge in [0.05, 0.1) is 24.6 Å². The van der Waals surface area contributed by atoms with Crippen LogP contribution in [0.2, 0.25) is 0 Å². The first-order chi connectivity index (χ1) is 15.6. The largest absolute Gasteiger partial charge is 0.497 e. The van der Waals surface area contributed by atoms with Crippen LogP contribution >= 0.6 is 0 Å². The number of methoxy groups -OCH3 is 1. The van der Waals surface area contributed by atoms with Gasteiger partial charge in [0.15, 0.2) is 11.5 Å². The Bertz CT molecular complexity index is 1220. The number of carbonyl (C=O) groups is 3. The Morgan fingerprint density at radius 2 is 1.88 bits per heavy atom.